The van der Waals surface area contributed by atoms with Gasteiger partial charge in [0.15, 0.2) is 0 Å². The molecular weight excluding hydrogens is 1020 g/mol. The van der Waals surface area contributed by atoms with Crippen LogP contribution in [-0.4, -0.2) is 145 Å². The molecule has 5 rings (SSSR count). The van der Waals surface area contributed by atoms with E-state index in [0.29, 0.717) is 41.7 Å². The van der Waals surface area contributed by atoms with Gasteiger partial charge in [-0.25, -0.2) is 4.79 Å². The lowest BCUT2D eigenvalue weighted by Crippen LogP contribution is -2.61. The highest BCUT2D eigenvalue weighted by Gasteiger charge is 2.41. The summed E-state index contributed by atoms with van der Waals surface area (Å²) < 4.78 is 12.4. The first-order valence-electron chi connectivity index (χ1n) is 26.3. The monoisotopic (exact) mass is 1100 g/mol. The number of thioether (sulfide) groups is 1. The van der Waals surface area contributed by atoms with Crippen molar-refractivity contribution in [1.82, 2.24) is 41.8 Å². The molecule has 4 aromatic rings. The van der Waals surface area contributed by atoms with Gasteiger partial charge < -0.3 is 52.6 Å². The third kappa shape index (κ3) is 18.6. The van der Waals surface area contributed by atoms with Crippen LogP contribution in [0.1, 0.15) is 82.9 Å². The van der Waals surface area contributed by atoms with Gasteiger partial charge in [-0.15, -0.1) is 0 Å². The van der Waals surface area contributed by atoms with Gasteiger partial charge in [0.05, 0.1) is 6.04 Å². The van der Waals surface area contributed by atoms with Crippen molar-refractivity contribution in [2.24, 2.45) is 17.6 Å². The van der Waals surface area contributed by atoms with Crippen molar-refractivity contribution in [2.45, 2.75) is 134 Å². The molecule has 1 unspecified atom stereocenters. The minimum absolute atomic E-state index is 0.0264. The van der Waals surface area contributed by atoms with Gasteiger partial charge in [-0.1, -0.05) is 113 Å². The number of hydrogen-bond donors (Lipinski definition) is 9. The highest BCUT2D eigenvalue weighted by molar-refractivity contribution is 7.98. The number of nitrogens with one attached hydrogen (secondary N) is 7. The van der Waals surface area contributed by atoms with Crippen LogP contribution < -0.4 is 37.6 Å². The van der Waals surface area contributed by atoms with E-state index in [-0.39, 0.29) is 56.7 Å². The largest absolute Gasteiger partial charge is 0.480 e. The molecule has 1 aliphatic rings. The van der Waals surface area contributed by atoms with E-state index in [0.717, 1.165) is 10.9 Å². The summed E-state index contributed by atoms with van der Waals surface area (Å²) in [6, 6.07) is 15.9. The highest BCUT2D eigenvalue weighted by atomic mass is 32.2. The van der Waals surface area contributed by atoms with Crippen molar-refractivity contribution < 1.29 is 47.7 Å². The number of carbonyl (C=O) groups excluding carboxylic acids is 7. The molecule has 1 aromatic heterocycles. The number of H-pyrrole nitrogens is 1. The Morgan fingerprint density at radius 2 is 1.25 bits per heavy atom. The fourth-order valence-corrected chi connectivity index (χ4v) is 10.3. The van der Waals surface area contributed by atoms with Crippen LogP contribution in [0.25, 0.3) is 10.9 Å². The van der Waals surface area contributed by atoms with Gasteiger partial charge in [-0.3, -0.25) is 37.8 Å². The second-order valence-electron chi connectivity index (χ2n) is 20.2. The van der Waals surface area contributed by atoms with Gasteiger partial charge in [0.1, 0.15) is 42.3 Å². The van der Waals surface area contributed by atoms with Crippen LogP contribution in [0.2, 0.25) is 0 Å². The number of nitrogens with zero attached hydrogens (tertiary/aromatic N) is 1. The van der Waals surface area contributed by atoms with Crippen molar-refractivity contribution in [3.63, 3.8) is 0 Å². The number of benzene rings is 3. The zero-order valence-electron chi connectivity index (χ0n) is 44.9. The van der Waals surface area contributed by atoms with Crippen LogP contribution in [-0.2, 0) is 68.4 Å². The molecule has 10 atom stereocenters. The smallest absolute Gasteiger partial charge is 0.326 e. The van der Waals surface area contributed by atoms with Crippen molar-refractivity contribution in [3.05, 3.63) is 108 Å². The molecule has 0 saturated carbocycles. The summed E-state index contributed by atoms with van der Waals surface area (Å²) in [5, 5.41) is 27.7. The number of amides is 7. The topological polar surface area (TPSA) is 291 Å². The Bertz CT molecular complexity index is 2660. The molecular formula is C56H77N9O10S2. The van der Waals surface area contributed by atoms with E-state index in [4.69, 9.17) is 5.73 Å². The van der Waals surface area contributed by atoms with Crippen LogP contribution in [0, 0.1) is 11.8 Å². The molecule has 21 heteroatoms. The Balaban J connectivity index is 1.42. The molecule has 0 radical (unpaired) electrons. The third-order valence-corrected chi connectivity index (χ3v) is 15.3. The molecule has 0 bridgehead atoms. The van der Waals surface area contributed by atoms with Crippen molar-refractivity contribution in [1.29, 1.82) is 0 Å². The van der Waals surface area contributed by atoms with Gasteiger partial charge >= 0.3 is 5.97 Å². The lowest BCUT2D eigenvalue weighted by atomic mass is 9.97. The number of nitrogens with two attached hydrogens (primary N) is 1. The Hall–Kier alpha value is -6.58. The maximum Gasteiger partial charge on any atom is 0.326 e. The number of para-hydroxylation sites is 1. The van der Waals surface area contributed by atoms with Gasteiger partial charge in [0, 0.05) is 65.7 Å². The van der Waals surface area contributed by atoms with Crippen LogP contribution >= 0.6 is 11.8 Å². The van der Waals surface area contributed by atoms with Crippen molar-refractivity contribution in [2.75, 3.05) is 30.6 Å². The number of carboxylic acids is 1. The number of aromatic amines is 1. The van der Waals surface area contributed by atoms with E-state index in [2.05, 4.69) is 36.9 Å². The molecule has 19 nitrogen and oxygen atoms in total. The number of aromatic nitrogens is 1. The zero-order valence-corrected chi connectivity index (χ0v) is 46.5. The standard InChI is InChI=1S/C56H77N9O10S2/c1-7-35(4)48(56(73)74)64-53(70)46(32-38-33-58-41-22-15-14-21-39(38)41)62-51(68)44(30-36-17-10-8-11-18-36)61-52(69)45(31-37-19-12-9-13-20-37)63-54(71)47-23-16-26-65(47)55(72)42(25-28-77(6)75)59-50(67)43(29-34(2)3)60-49(66)40(57)24-27-76-5/h8-15,17-22,33-35,40,42-48,58H,7,16,23-32,57H2,1-6H3,(H,59,67)(H,60,66)(H,61,69)(H,62,68)(H,63,71)(H,64,70)(H,73,74)/t35-,40-,42-,43-,44-,45-,46-,47-,48-,77?/m0/s1. The van der Waals surface area contributed by atoms with E-state index in [1.807, 2.05) is 51.3 Å². The van der Waals surface area contributed by atoms with Crippen molar-refractivity contribution in [3.8, 4) is 0 Å². The maximum atomic E-state index is 14.8. The molecule has 1 aliphatic heterocycles. The highest BCUT2D eigenvalue weighted by Crippen LogP contribution is 2.22. The molecule has 3 aromatic carbocycles. The summed E-state index contributed by atoms with van der Waals surface area (Å²) in [7, 11) is -1.36. The number of likely N-dealkylation sites (tertiary alicyclic amines) is 1. The molecule has 77 heavy (non-hydrogen) atoms. The Morgan fingerprint density at radius 1 is 0.714 bits per heavy atom. The zero-order chi connectivity index (χ0) is 56.2. The fourth-order valence-electron chi connectivity index (χ4n) is 9.27. The molecule has 0 spiro atoms. The van der Waals surface area contributed by atoms with Gasteiger partial charge in [-0.05, 0) is 78.7 Å². The van der Waals surface area contributed by atoms with E-state index in [1.165, 1.54) is 22.9 Å². The quantitative estimate of drug-likeness (QED) is 0.0364. The fraction of sp³-hybridized carbons (Fsp3) is 0.500. The molecule has 0 aliphatic carbocycles. The second-order valence-corrected chi connectivity index (χ2v) is 22.8. The van der Waals surface area contributed by atoms with E-state index < -0.39 is 112 Å². The lowest BCUT2D eigenvalue weighted by molar-refractivity contribution is -0.144. The third-order valence-electron chi connectivity index (χ3n) is 13.8. The maximum absolute atomic E-state index is 14.8. The number of carbonyl (C=O) groups is 8. The van der Waals surface area contributed by atoms with Crippen LogP contribution in [0.4, 0.5) is 0 Å². The van der Waals surface area contributed by atoms with Crippen LogP contribution in [0.5, 0.6) is 0 Å². The summed E-state index contributed by atoms with van der Waals surface area (Å²) in [6.07, 6.45) is 6.69. The number of aliphatic carboxylic acids is 1. The predicted octanol–water partition coefficient (Wildman–Crippen LogP) is 3.12. The number of fused-ring (bicyclic) bond motifs is 1. The minimum atomic E-state index is -1.36. The summed E-state index contributed by atoms with van der Waals surface area (Å²) in [5.74, 6) is -5.62. The Labute approximate surface area is 458 Å². The Morgan fingerprint density at radius 3 is 1.82 bits per heavy atom. The predicted molar refractivity (Wildman–Crippen MR) is 300 cm³/mol. The van der Waals surface area contributed by atoms with Gasteiger partial charge in [0.25, 0.3) is 0 Å². The number of carboxylic acid groups (broad SMARTS) is 1. The first-order valence-corrected chi connectivity index (χ1v) is 29.4. The summed E-state index contributed by atoms with van der Waals surface area (Å²) in [6.45, 7) is 7.43. The summed E-state index contributed by atoms with van der Waals surface area (Å²) >= 11 is 1.54. The minimum Gasteiger partial charge on any atom is -0.480 e. The van der Waals surface area contributed by atoms with E-state index >= 15 is 0 Å². The first-order chi connectivity index (χ1) is 36.8. The summed E-state index contributed by atoms with van der Waals surface area (Å²) in [5.41, 5.74) is 8.94. The molecule has 418 valence electrons. The van der Waals surface area contributed by atoms with Gasteiger partial charge in [0.2, 0.25) is 41.4 Å². The second kappa shape index (κ2) is 30.4. The molecule has 1 saturated heterocycles. The van der Waals surface area contributed by atoms with Crippen LogP contribution in [0.15, 0.2) is 91.1 Å². The van der Waals surface area contributed by atoms with E-state index in [1.54, 1.807) is 73.8 Å². The first kappa shape index (κ1) is 61.3. The van der Waals surface area contributed by atoms with E-state index in [9.17, 15) is 47.7 Å². The lowest BCUT2D eigenvalue weighted by Gasteiger charge is -2.31. The molecule has 1 fully saturated rings. The SMILES string of the molecule is CC[C@H](C)[C@H](NC(=O)[C@H](Cc1c[nH]c2ccccc12)NC(=O)[C@H](Cc1ccccc1)NC(=O)[C@H](Cc1ccccc1)NC(=O)[C@@H]1CCCN1C(=O)[C@H](CCS(C)=O)NC(=O)[C@H](CC(C)C)NC(=O)[C@@H](N)CCSC)C(=O)O. The Kier molecular flexibility index (Phi) is 24.2. The number of hydrogen-bond acceptors (Lipinski definition) is 11. The average molecular weight is 1100 g/mol. The molecule has 10 N–H and O–H groups in total. The molecule has 2 heterocycles. The normalized spacial score (nSPS) is 16.9. The van der Waals surface area contributed by atoms with Gasteiger partial charge in [-0.2, -0.15) is 11.8 Å². The number of rotatable bonds is 30. The van der Waals surface area contributed by atoms with Crippen molar-refractivity contribution >= 4 is 80.8 Å². The van der Waals surface area contributed by atoms with Crippen LogP contribution in [0.3, 0.4) is 0 Å². The average Bonchev–Trinajstić information content (AvgIpc) is 4.07. The molecule has 7 amide bonds. The summed E-state index contributed by atoms with van der Waals surface area (Å²) in [4.78, 5) is 117.